The van der Waals surface area contributed by atoms with Gasteiger partial charge in [-0.05, 0) is 49.9 Å². The molecular weight excluding hydrogens is 226 g/mol. The molecule has 0 radical (unpaired) electrons. The molecular formula is C15H19NS. The maximum atomic E-state index is 3.42. The van der Waals surface area contributed by atoms with Crippen molar-refractivity contribution in [3.8, 4) is 0 Å². The smallest absolute Gasteiger partial charge is 0.0369 e. The summed E-state index contributed by atoms with van der Waals surface area (Å²) >= 11 is 1.82. The van der Waals surface area contributed by atoms with Crippen LogP contribution in [0.3, 0.4) is 0 Å². The Bertz CT molecular complexity index is 470. The summed E-state index contributed by atoms with van der Waals surface area (Å²) in [6.45, 7) is 4.32. The number of hydrogen-bond donors (Lipinski definition) is 1. The van der Waals surface area contributed by atoms with Crippen LogP contribution >= 0.6 is 11.3 Å². The number of thiophene rings is 1. The molecule has 1 N–H and O–H groups in total. The zero-order valence-corrected chi connectivity index (χ0v) is 11.5. The van der Waals surface area contributed by atoms with Crippen molar-refractivity contribution in [1.29, 1.82) is 0 Å². The Kier molecular flexibility index (Phi) is 3.97. The molecule has 0 aliphatic rings. The highest BCUT2D eigenvalue weighted by molar-refractivity contribution is 7.10. The standard InChI is InChI=1S/C15H19NS/c1-11-4-6-13(7-5-11)10-15(16-3)14-8-9-17-12(14)2/h4-9,15-16H,10H2,1-3H3. The van der Waals surface area contributed by atoms with Crippen LogP contribution in [0.5, 0.6) is 0 Å². The van der Waals surface area contributed by atoms with Gasteiger partial charge in [0.05, 0.1) is 0 Å². The normalized spacial score (nSPS) is 12.6. The largest absolute Gasteiger partial charge is 0.313 e. The molecule has 0 amide bonds. The summed E-state index contributed by atoms with van der Waals surface area (Å²) in [7, 11) is 2.04. The molecule has 0 aliphatic heterocycles. The lowest BCUT2D eigenvalue weighted by molar-refractivity contribution is 0.591. The first-order chi connectivity index (χ1) is 8.20. The highest BCUT2D eigenvalue weighted by Crippen LogP contribution is 2.25. The van der Waals surface area contributed by atoms with Crippen molar-refractivity contribution in [3.05, 3.63) is 57.3 Å². The summed E-state index contributed by atoms with van der Waals surface area (Å²) in [6, 6.07) is 11.5. The Labute approximate surface area is 108 Å². The van der Waals surface area contributed by atoms with Crippen molar-refractivity contribution >= 4 is 11.3 Å². The molecule has 0 saturated heterocycles. The quantitative estimate of drug-likeness (QED) is 0.862. The maximum Gasteiger partial charge on any atom is 0.0369 e. The maximum absolute atomic E-state index is 3.42. The fraction of sp³-hybridized carbons (Fsp3) is 0.333. The fourth-order valence-corrected chi connectivity index (χ4v) is 2.85. The number of aryl methyl sites for hydroxylation is 2. The first-order valence-electron chi connectivity index (χ1n) is 5.97. The van der Waals surface area contributed by atoms with Gasteiger partial charge in [-0.25, -0.2) is 0 Å². The van der Waals surface area contributed by atoms with Gasteiger partial charge in [-0.15, -0.1) is 11.3 Å². The predicted molar refractivity (Wildman–Crippen MR) is 75.7 cm³/mol. The van der Waals surface area contributed by atoms with E-state index in [1.54, 1.807) is 0 Å². The first kappa shape index (κ1) is 12.3. The van der Waals surface area contributed by atoms with Crippen molar-refractivity contribution in [2.45, 2.75) is 26.3 Å². The van der Waals surface area contributed by atoms with E-state index in [1.807, 2.05) is 18.4 Å². The molecule has 2 rings (SSSR count). The zero-order chi connectivity index (χ0) is 12.3. The Morgan fingerprint density at radius 1 is 1.12 bits per heavy atom. The second kappa shape index (κ2) is 5.48. The number of benzene rings is 1. The molecule has 1 aromatic heterocycles. The van der Waals surface area contributed by atoms with Gasteiger partial charge in [0.1, 0.15) is 0 Å². The average molecular weight is 245 g/mol. The van der Waals surface area contributed by atoms with Crippen LogP contribution in [0, 0.1) is 13.8 Å². The van der Waals surface area contributed by atoms with Crippen molar-refractivity contribution in [2.24, 2.45) is 0 Å². The number of likely N-dealkylation sites (N-methyl/N-ethyl adjacent to an activating group) is 1. The molecule has 1 aromatic carbocycles. The minimum Gasteiger partial charge on any atom is -0.313 e. The van der Waals surface area contributed by atoms with Crippen LogP contribution in [0.1, 0.15) is 27.6 Å². The topological polar surface area (TPSA) is 12.0 Å². The van der Waals surface area contributed by atoms with Crippen molar-refractivity contribution in [2.75, 3.05) is 7.05 Å². The molecule has 0 saturated carbocycles. The first-order valence-corrected chi connectivity index (χ1v) is 6.85. The van der Waals surface area contributed by atoms with Crippen LogP contribution in [-0.4, -0.2) is 7.05 Å². The molecule has 0 spiro atoms. The lowest BCUT2D eigenvalue weighted by Crippen LogP contribution is -2.18. The Balaban J connectivity index is 2.16. The van der Waals surface area contributed by atoms with Crippen LogP contribution in [0.25, 0.3) is 0 Å². The van der Waals surface area contributed by atoms with E-state index in [4.69, 9.17) is 0 Å². The Morgan fingerprint density at radius 2 is 1.82 bits per heavy atom. The van der Waals surface area contributed by atoms with Gasteiger partial charge in [0.2, 0.25) is 0 Å². The highest BCUT2D eigenvalue weighted by atomic mass is 32.1. The molecule has 90 valence electrons. The minimum absolute atomic E-state index is 0.420. The molecule has 0 aliphatic carbocycles. The van der Waals surface area contributed by atoms with Crippen molar-refractivity contribution < 1.29 is 0 Å². The van der Waals surface area contributed by atoms with Crippen molar-refractivity contribution in [1.82, 2.24) is 5.32 Å². The third-order valence-corrected chi connectivity index (χ3v) is 4.04. The summed E-state index contributed by atoms with van der Waals surface area (Å²) in [5, 5.41) is 5.59. The van der Waals surface area contributed by atoms with E-state index >= 15 is 0 Å². The zero-order valence-electron chi connectivity index (χ0n) is 10.7. The fourth-order valence-electron chi connectivity index (χ4n) is 2.08. The molecule has 0 fully saturated rings. The highest BCUT2D eigenvalue weighted by Gasteiger charge is 2.13. The van der Waals surface area contributed by atoms with E-state index in [1.165, 1.54) is 21.6 Å². The second-order valence-corrected chi connectivity index (χ2v) is 5.58. The minimum atomic E-state index is 0.420. The molecule has 1 nitrogen and oxygen atoms in total. The monoisotopic (exact) mass is 245 g/mol. The third kappa shape index (κ3) is 2.96. The van der Waals surface area contributed by atoms with Crippen LogP contribution in [0.15, 0.2) is 35.7 Å². The number of rotatable bonds is 4. The molecule has 2 aromatic rings. The van der Waals surface area contributed by atoms with Gasteiger partial charge in [0, 0.05) is 10.9 Å². The van der Waals surface area contributed by atoms with Crippen LogP contribution in [-0.2, 0) is 6.42 Å². The van der Waals surface area contributed by atoms with Gasteiger partial charge < -0.3 is 5.32 Å². The van der Waals surface area contributed by atoms with Gasteiger partial charge in [0.15, 0.2) is 0 Å². The predicted octanol–water partition coefficient (Wildman–Crippen LogP) is 3.87. The molecule has 1 heterocycles. The van der Waals surface area contributed by atoms with E-state index in [0.717, 1.165) is 6.42 Å². The molecule has 1 atom stereocenters. The van der Waals surface area contributed by atoms with Gasteiger partial charge in [-0.1, -0.05) is 29.8 Å². The summed E-state index contributed by atoms with van der Waals surface area (Å²) in [4.78, 5) is 1.41. The Hall–Kier alpha value is -1.12. The van der Waals surface area contributed by atoms with Gasteiger partial charge in [0.25, 0.3) is 0 Å². The Morgan fingerprint density at radius 3 is 2.35 bits per heavy atom. The number of nitrogens with one attached hydrogen (secondary N) is 1. The van der Waals surface area contributed by atoms with Crippen LogP contribution < -0.4 is 5.32 Å². The van der Waals surface area contributed by atoms with Crippen LogP contribution in [0.4, 0.5) is 0 Å². The average Bonchev–Trinajstić information content (AvgIpc) is 2.75. The second-order valence-electron chi connectivity index (χ2n) is 4.46. The summed E-state index contributed by atoms with van der Waals surface area (Å²) < 4.78 is 0. The summed E-state index contributed by atoms with van der Waals surface area (Å²) in [6.07, 6.45) is 1.05. The lowest BCUT2D eigenvalue weighted by atomic mass is 9.99. The summed E-state index contributed by atoms with van der Waals surface area (Å²) in [5.41, 5.74) is 4.14. The lowest BCUT2D eigenvalue weighted by Gasteiger charge is -2.16. The van der Waals surface area contributed by atoms with E-state index < -0.39 is 0 Å². The number of hydrogen-bond acceptors (Lipinski definition) is 2. The van der Waals surface area contributed by atoms with Gasteiger partial charge in [-0.2, -0.15) is 0 Å². The van der Waals surface area contributed by atoms with Gasteiger partial charge in [-0.3, -0.25) is 0 Å². The molecule has 0 bridgehead atoms. The van der Waals surface area contributed by atoms with E-state index in [2.05, 4.69) is 54.9 Å². The van der Waals surface area contributed by atoms with E-state index in [-0.39, 0.29) is 0 Å². The van der Waals surface area contributed by atoms with E-state index in [9.17, 15) is 0 Å². The van der Waals surface area contributed by atoms with Crippen LogP contribution in [0.2, 0.25) is 0 Å². The molecule has 2 heteroatoms. The SMILES string of the molecule is CNC(Cc1ccc(C)cc1)c1ccsc1C. The van der Waals surface area contributed by atoms with Crippen molar-refractivity contribution in [3.63, 3.8) is 0 Å². The molecule has 17 heavy (non-hydrogen) atoms. The van der Waals surface area contributed by atoms with E-state index in [0.29, 0.717) is 6.04 Å². The summed E-state index contributed by atoms with van der Waals surface area (Å²) in [5.74, 6) is 0. The molecule has 1 unspecified atom stereocenters. The van der Waals surface area contributed by atoms with Gasteiger partial charge >= 0.3 is 0 Å². The third-order valence-electron chi connectivity index (χ3n) is 3.18.